The van der Waals surface area contributed by atoms with Crippen molar-refractivity contribution < 1.29 is 27.2 Å². The molecule has 0 atom stereocenters. The predicted molar refractivity (Wildman–Crippen MR) is 36.1 cm³/mol. The largest absolute Gasteiger partial charge is 0.329 e. The van der Waals surface area contributed by atoms with Gasteiger partial charge in [0.05, 0.1) is 0 Å². The van der Waals surface area contributed by atoms with E-state index in [1.807, 2.05) is 30.3 Å². The fourth-order valence-electron chi connectivity index (χ4n) is 0.602. The molecule has 1 N–H and O–H groups in total. The summed E-state index contributed by atoms with van der Waals surface area (Å²) in [4.78, 5) is 9.86. The average Bonchev–Trinajstić information content (AvgIpc) is 1.91. The van der Waals surface area contributed by atoms with Gasteiger partial charge in [-0.3, -0.25) is 4.79 Å². The molecule has 3 heteroatoms. The van der Waals surface area contributed by atoms with Crippen LogP contribution in [0.5, 0.6) is 0 Å². The number of nitrogens with one attached hydrogen (secondary N) is 1. The van der Waals surface area contributed by atoms with E-state index in [0.29, 0.717) is 6.41 Å². The van der Waals surface area contributed by atoms with Crippen molar-refractivity contribution in [1.29, 1.82) is 0 Å². The SMILES string of the molecule is O=CNc1ccccc1.[Ag]. The molecule has 1 aromatic rings. The third-order valence-electron chi connectivity index (χ3n) is 0.999. The Labute approximate surface area is 75.1 Å². The maximum absolute atomic E-state index is 9.86. The molecule has 2 nitrogen and oxygen atoms in total. The average molecular weight is 229 g/mol. The molecule has 0 aliphatic rings. The van der Waals surface area contributed by atoms with Crippen molar-refractivity contribution in [3.63, 3.8) is 0 Å². The van der Waals surface area contributed by atoms with Crippen LogP contribution >= 0.6 is 0 Å². The summed E-state index contributed by atoms with van der Waals surface area (Å²) in [6.45, 7) is 0. The molecule has 1 radical (unpaired) electrons. The molecule has 0 bridgehead atoms. The molecule has 1 aromatic carbocycles. The van der Waals surface area contributed by atoms with Gasteiger partial charge in [-0.15, -0.1) is 0 Å². The Morgan fingerprint density at radius 1 is 1.20 bits per heavy atom. The molecule has 1 amide bonds. The molecule has 0 saturated carbocycles. The molecular weight excluding hydrogens is 222 g/mol. The minimum Gasteiger partial charge on any atom is -0.329 e. The number of rotatable bonds is 2. The van der Waals surface area contributed by atoms with Gasteiger partial charge in [-0.25, -0.2) is 0 Å². The predicted octanol–water partition coefficient (Wildman–Crippen LogP) is 1.25. The first-order valence-corrected chi connectivity index (χ1v) is 2.69. The van der Waals surface area contributed by atoms with Crippen LogP contribution in [0.3, 0.4) is 0 Å². The van der Waals surface area contributed by atoms with Crippen molar-refractivity contribution in [3.05, 3.63) is 30.3 Å². The van der Waals surface area contributed by atoms with Gasteiger partial charge in [0.15, 0.2) is 0 Å². The number of benzene rings is 1. The smallest absolute Gasteiger partial charge is 0.211 e. The van der Waals surface area contributed by atoms with Crippen LogP contribution in [0.4, 0.5) is 5.69 Å². The van der Waals surface area contributed by atoms with Gasteiger partial charge >= 0.3 is 0 Å². The Kier molecular flexibility index (Phi) is 4.94. The topological polar surface area (TPSA) is 29.1 Å². The van der Waals surface area contributed by atoms with Gasteiger partial charge in [0.25, 0.3) is 0 Å². The van der Waals surface area contributed by atoms with E-state index in [2.05, 4.69) is 5.32 Å². The van der Waals surface area contributed by atoms with Crippen molar-refractivity contribution in [2.75, 3.05) is 5.32 Å². The molecule has 0 aliphatic heterocycles. The number of para-hydroxylation sites is 1. The second kappa shape index (κ2) is 5.23. The number of anilines is 1. The van der Waals surface area contributed by atoms with Gasteiger partial charge < -0.3 is 5.32 Å². The number of hydrogen-bond acceptors (Lipinski definition) is 1. The van der Waals surface area contributed by atoms with Crippen molar-refractivity contribution >= 4 is 12.1 Å². The van der Waals surface area contributed by atoms with Gasteiger partial charge in [-0.2, -0.15) is 0 Å². The summed E-state index contributed by atoms with van der Waals surface area (Å²) in [5.74, 6) is 0. The van der Waals surface area contributed by atoms with E-state index in [9.17, 15) is 4.79 Å². The fourth-order valence-corrected chi connectivity index (χ4v) is 0.602. The van der Waals surface area contributed by atoms with E-state index < -0.39 is 0 Å². The maximum atomic E-state index is 9.86. The molecule has 1 rings (SSSR count). The van der Waals surface area contributed by atoms with Crippen molar-refractivity contribution in [2.45, 2.75) is 0 Å². The normalized spacial score (nSPS) is 7.60. The van der Waals surface area contributed by atoms with Crippen molar-refractivity contribution in [1.82, 2.24) is 0 Å². The van der Waals surface area contributed by atoms with Crippen LogP contribution in [-0.4, -0.2) is 6.41 Å². The Bertz CT molecular complexity index is 188. The van der Waals surface area contributed by atoms with E-state index in [1.165, 1.54) is 0 Å². The fraction of sp³-hybridized carbons (Fsp3) is 0. The minimum absolute atomic E-state index is 0. The van der Waals surface area contributed by atoms with Gasteiger partial charge in [-0.1, -0.05) is 18.2 Å². The summed E-state index contributed by atoms with van der Waals surface area (Å²) >= 11 is 0. The van der Waals surface area contributed by atoms with Crippen molar-refractivity contribution in [2.24, 2.45) is 0 Å². The molecule has 0 saturated heterocycles. The van der Waals surface area contributed by atoms with Crippen LogP contribution in [-0.2, 0) is 27.2 Å². The van der Waals surface area contributed by atoms with E-state index >= 15 is 0 Å². The Morgan fingerprint density at radius 3 is 2.30 bits per heavy atom. The molecule has 0 fully saturated rings. The van der Waals surface area contributed by atoms with E-state index in [4.69, 9.17) is 0 Å². The number of amides is 1. The molecule has 0 unspecified atom stereocenters. The molecule has 10 heavy (non-hydrogen) atoms. The summed E-state index contributed by atoms with van der Waals surface area (Å²) in [6, 6.07) is 9.29. The quantitative estimate of drug-likeness (QED) is 0.600. The molecule has 0 heterocycles. The van der Waals surface area contributed by atoms with E-state index in [1.54, 1.807) is 0 Å². The third-order valence-corrected chi connectivity index (χ3v) is 0.999. The van der Waals surface area contributed by atoms with Crippen LogP contribution in [0.15, 0.2) is 30.3 Å². The minimum atomic E-state index is 0. The van der Waals surface area contributed by atoms with Crippen LogP contribution in [0, 0.1) is 0 Å². The molecular formula is C7H7AgNO. The summed E-state index contributed by atoms with van der Waals surface area (Å²) in [5.41, 5.74) is 0.826. The van der Waals surface area contributed by atoms with Gasteiger partial charge in [0.1, 0.15) is 0 Å². The summed E-state index contributed by atoms with van der Waals surface area (Å²) in [7, 11) is 0. The van der Waals surface area contributed by atoms with Crippen LogP contribution < -0.4 is 5.32 Å². The zero-order valence-electron chi connectivity index (χ0n) is 5.17. The number of carbonyl (C=O) groups is 1. The van der Waals surface area contributed by atoms with Gasteiger partial charge in [-0.05, 0) is 12.1 Å². The van der Waals surface area contributed by atoms with Crippen LogP contribution in [0.2, 0.25) is 0 Å². The molecule has 0 aliphatic carbocycles. The van der Waals surface area contributed by atoms with E-state index in [-0.39, 0.29) is 22.4 Å². The summed E-state index contributed by atoms with van der Waals surface area (Å²) in [5, 5.41) is 2.53. The second-order valence-electron chi connectivity index (χ2n) is 1.63. The first-order chi connectivity index (χ1) is 4.43. The summed E-state index contributed by atoms with van der Waals surface area (Å²) in [6.07, 6.45) is 0.662. The van der Waals surface area contributed by atoms with Gasteiger partial charge in [0, 0.05) is 28.1 Å². The monoisotopic (exact) mass is 228 g/mol. The molecule has 0 aromatic heterocycles. The van der Waals surface area contributed by atoms with E-state index in [0.717, 1.165) is 5.69 Å². The van der Waals surface area contributed by atoms with Gasteiger partial charge in [0.2, 0.25) is 6.41 Å². The maximum Gasteiger partial charge on any atom is 0.211 e. The number of hydrogen-bond donors (Lipinski definition) is 1. The Hall–Kier alpha value is -0.570. The third kappa shape index (κ3) is 2.82. The number of carbonyl (C=O) groups excluding carboxylic acids is 1. The summed E-state index contributed by atoms with van der Waals surface area (Å²) < 4.78 is 0. The Balaban J connectivity index is 0.000000810. The first-order valence-electron chi connectivity index (χ1n) is 2.69. The standard InChI is InChI=1S/C7H7NO.Ag/c9-6-8-7-4-2-1-3-5-7;/h1-6H,(H,8,9);. The van der Waals surface area contributed by atoms with Crippen LogP contribution in [0.1, 0.15) is 0 Å². The zero-order chi connectivity index (χ0) is 6.53. The zero-order valence-corrected chi connectivity index (χ0v) is 6.66. The first kappa shape index (κ1) is 9.43. The van der Waals surface area contributed by atoms with Crippen molar-refractivity contribution in [3.8, 4) is 0 Å². The Morgan fingerprint density at radius 2 is 1.80 bits per heavy atom. The molecule has 57 valence electrons. The molecule has 0 spiro atoms. The van der Waals surface area contributed by atoms with Crippen LogP contribution in [0.25, 0.3) is 0 Å². The second-order valence-corrected chi connectivity index (χ2v) is 1.63.